The van der Waals surface area contributed by atoms with Gasteiger partial charge in [-0.1, -0.05) is 50.5 Å². The van der Waals surface area contributed by atoms with Crippen LogP contribution in [0.3, 0.4) is 0 Å². The van der Waals surface area contributed by atoms with Gasteiger partial charge in [-0.3, -0.25) is 4.79 Å². The zero-order chi connectivity index (χ0) is 19.2. The number of hydrogen-bond donors (Lipinski definition) is 2. The lowest BCUT2D eigenvalue weighted by Crippen LogP contribution is -2.52. The van der Waals surface area contributed by atoms with E-state index < -0.39 is 0 Å². The van der Waals surface area contributed by atoms with Crippen LogP contribution in [0.25, 0.3) is 0 Å². The first kappa shape index (κ1) is 19.7. The van der Waals surface area contributed by atoms with Crippen LogP contribution in [0.4, 0.5) is 4.79 Å². The standard InChI is InChI=1S/C22H33N3O2/c1-3-17-11-13-18(14-12-17)16(2)23-21(26)20-10-7-15-25(20)22(27)24-19-8-5-4-6-9-19/h11-14,16,19-20H,3-10,15H2,1-2H3,(H,23,26)(H,24,27)/t16-,20+/m0/s1. The van der Waals surface area contributed by atoms with Crippen molar-refractivity contribution in [3.8, 4) is 0 Å². The van der Waals surface area contributed by atoms with E-state index in [9.17, 15) is 9.59 Å². The lowest BCUT2D eigenvalue weighted by molar-refractivity contribution is -0.125. The van der Waals surface area contributed by atoms with Gasteiger partial charge in [-0.25, -0.2) is 4.79 Å². The molecule has 2 fully saturated rings. The van der Waals surface area contributed by atoms with Crippen molar-refractivity contribution in [3.05, 3.63) is 35.4 Å². The van der Waals surface area contributed by atoms with Crippen molar-refractivity contribution in [3.63, 3.8) is 0 Å². The highest BCUT2D eigenvalue weighted by Gasteiger charge is 2.35. The van der Waals surface area contributed by atoms with Gasteiger partial charge in [0.05, 0.1) is 6.04 Å². The number of likely N-dealkylation sites (tertiary alicyclic amines) is 1. The average Bonchev–Trinajstić information content (AvgIpc) is 3.19. The minimum Gasteiger partial charge on any atom is -0.348 e. The number of carbonyl (C=O) groups is 2. The lowest BCUT2D eigenvalue weighted by Gasteiger charge is -2.29. The van der Waals surface area contributed by atoms with Crippen molar-refractivity contribution in [2.45, 2.75) is 83.3 Å². The largest absolute Gasteiger partial charge is 0.348 e. The first-order chi connectivity index (χ1) is 13.1. The van der Waals surface area contributed by atoms with Crippen LogP contribution in [0.1, 0.15) is 76.0 Å². The van der Waals surface area contributed by atoms with E-state index in [0.29, 0.717) is 6.54 Å². The maximum Gasteiger partial charge on any atom is 0.318 e. The molecule has 0 aromatic heterocycles. The quantitative estimate of drug-likeness (QED) is 0.824. The number of amides is 3. The number of hydrogen-bond acceptors (Lipinski definition) is 2. The summed E-state index contributed by atoms with van der Waals surface area (Å²) in [6.07, 6.45) is 8.38. The van der Waals surface area contributed by atoms with E-state index in [1.165, 1.54) is 24.8 Å². The van der Waals surface area contributed by atoms with Crippen molar-refractivity contribution in [1.82, 2.24) is 15.5 Å². The van der Waals surface area contributed by atoms with Crippen molar-refractivity contribution in [2.75, 3.05) is 6.54 Å². The van der Waals surface area contributed by atoms with E-state index in [1.54, 1.807) is 4.90 Å². The maximum absolute atomic E-state index is 12.8. The molecule has 2 atom stereocenters. The van der Waals surface area contributed by atoms with Gasteiger partial charge in [0.15, 0.2) is 0 Å². The number of nitrogens with one attached hydrogen (secondary N) is 2. The number of urea groups is 1. The summed E-state index contributed by atoms with van der Waals surface area (Å²) in [7, 11) is 0. The summed E-state index contributed by atoms with van der Waals surface area (Å²) < 4.78 is 0. The van der Waals surface area contributed by atoms with Crippen molar-refractivity contribution in [1.29, 1.82) is 0 Å². The molecule has 1 saturated carbocycles. The highest BCUT2D eigenvalue weighted by molar-refractivity contribution is 5.88. The third-order valence-electron chi connectivity index (χ3n) is 6.00. The summed E-state index contributed by atoms with van der Waals surface area (Å²) in [5.74, 6) is -0.0432. The molecule has 3 rings (SSSR count). The molecule has 5 nitrogen and oxygen atoms in total. The predicted octanol–water partition coefficient (Wildman–Crippen LogP) is 3.93. The number of nitrogens with zero attached hydrogens (tertiary/aromatic N) is 1. The molecule has 2 N–H and O–H groups in total. The number of rotatable bonds is 5. The van der Waals surface area contributed by atoms with Crippen LogP contribution in [-0.4, -0.2) is 35.5 Å². The Labute approximate surface area is 162 Å². The second-order valence-electron chi connectivity index (χ2n) is 7.96. The van der Waals surface area contributed by atoms with Gasteiger partial charge in [0.1, 0.15) is 6.04 Å². The van der Waals surface area contributed by atoms with Gasteiger partial charge in [-0.2, -0.15) is 0 Å². The first-order valence-electron chi connectivity index (χ1n) is 10.5. The minimum absolute atomic E-state index is 0.0432. The SMILES string of the molecule is CCc1ccc([C@H](C)NC(=O)[C@H]2CCCN2C(=O)NC2CCCCC2)cc1. The topological polar surface area (TPSA) is 61.4 Å². The Kier molecular flexibility index (Phi) is 6.75. The molecule has 0 unspecified atom stereocenters. The van der Waals surface area contributed by atoms with Crippen LogP contribution in [0.2, 0.25) is 0 Å². The molecule has 3 amide bonds. The van der Waals surface area contributed by atoms with Gasteiger partial charge in [0.25, 0.3) is 0 Å². The molecule has 0 spiro atoms. The van der Waals surface area contributed by atoms with E-state index in [-0.39, 0.29) is 30.1 Å². The minimum atomic E-state index is -0.356. The molecule has 1 saturated heterocycles. The average molecular weight is 372 g/mol. The smallest absolute Gasteiger partial charge is 0.318 e. The van der Waals surface area contributed by atoms with Gasteiger partial charge >= 0.3 is 6.03 Å². The summed E-state index contributed by atoms with van der Waals surface area (Å²) in [5.41, 5.74) is 2.38. The number of aryl methyl sites for hydroxylation is 1. The lowest BCUT2D eigenvalue weighted by atomic mass is 9.96. The van der Waals surface area contributed by atoms with E-state index in [2.05, 4.69) is 41.8 Å². The molecule has 1 heterocycles. The van der Waals surface area contributed by atoms with Crippen LogP contribution < -0.4 is 10.6 Å². The van der Waals surface area contributed by atoms with Crippen molar-refractivity contribution < 1.29 is 9.59 Å². The summed E-state index contributed by atoms with van der Waals surface area (Å²) in [4.78, 5) is 27.2. The predicted molar refractivity (Wildman–Crippen MR) is 108 cm³/mol. The van der Waals surface area contributed by atoms with E-state index in [4.69, 9.17) is 0 Å². The molecule has 148 valence electrons. The Hall–Kier alpha value is -2.04. The molecular weight excluding hydrogens is 338 g/mol. The Morgan fingerprint density at radius 3 is 2.44 bits per heavy atom. The van der Waals surface area contributed by atoms with E-state index in [0.717, 1.165) is 37.7 Å². The highest BCUT2D eigenvalue weighted by Crippen LogP contribution is 2.22. The summed E-state index contributed by atoms with van der Waals surface area (Å²) in [6, 6.07) is 8.15. The van der Waals surface area contributed by atoms with Gasteiger partial charge in [0.2, 0.25) is 5.91 Å². The van der Waals surface area contributed by atoms with Crippen LogP contribution in [0, 0.1) is 0 Å². The van der Waals surface area contributed by atoms with Crippen LogP contribution in [-0.2, 0) is 11.2 Å². The van der Waals surface area contributed by atoms with Gasteiger partial charge in [0, 0.05) is 12.6 Å². The van der Waals surface area contributed by atoms with Crippen LogP contribution >= 0.6 is 0 Å². The zero-order valence-electron chi connectivity index (χ0n) is 16.7. The summed E-state index contributed by atoms with van der Waals surface area (Å²) in [5, 5.41) is 6.25. The van der Waals surface area contributed by atoms with Crippen LogP contribution in [0.15, 0.2) is 24.3 Å². The van der Waals surface area contributed by atoms with E-state index >= 15 is 0 Å². The normalized spacial score (nSPS) is 21.7. The Morgan fingerprint density at radius 1 is 1.07 bits per heavy atom. The fourth-order valence-corrected chi connectivity index (χ4v) is 4.22. The Bertz CT molecular complexity index is 637. The third-order valence-corrected chi connectivity index (χ3v) is 6.00. The Morgan fingerprint density at radius 2 is 1.78 bits per heavy atom. The molecule has 0 bridgehead atoms. The molecule has 27 heavy (non-hydrogen) atoms. The third kappa shape index (κ3) is 5.02. The zero-order valence-corrected chi connectivity index (χ0v) is 16.7. The highest BCUT2D eigenvalue weighted by atomic mass is 16.2. The fraction of sp³-hybridized carbons (Fsp3) is 0.636. The Balaban J connectivity index is 1.56. The van der Waals surface area contributed by atoms with Crippen molar-refractivity contribution >= 4 is 11.9 Å². The monoisotopic (exact) mass is 371 g/mol. The van der Waals surface area contributed by atoms with Gasteiger partial charge in [-0.05, 0) is 50.2 Å². The molecular formula is C22H33N3O2. The number of benzene rings is 1. The van der Waals surface area contributed by atoms with Crippen molar-refractivity contribution in [2.24, 2.45) is 0 Å². The van der Waals surface area contributed by atoms with Gasteiger partial charge in [-0.15, -0.1) is 0 Å². The molecule has 5 heteroatoms. The van der Waals surface area contributed by atoms with E-state index in [1.807, 2.05) is 6.92 Å². The fourth-order valence-electron chi connectivity index (χ4n) is 4.22. The molecule has 1 aliphatic heterocycles. The molecule has 1 aromatic carbocycles. The summed E-state index contributed by atoms with van der Waals surface area (Å²) in [6.45, 7) is 4.80. The maximum atomic E-state index is 12.8. The summed E-state index contributed by atoms with van der Waals surface area (Å²) >= 11 is 0. The van der Waals surface area contributed by atoms with Gasteiger partial charge < -0.3 is 15.5 Å². The molecule has 1 aromatic rings. The molecule has 2 aliphatic rings. The second kappa shape index (κ2) is 9.25. The molecule has 0 radical (unpaired) electrons. The second-order valence-corrected chi connectivity index (χ2v) is 7.96. The molecule has 1 aliphatic carbocycles. The van der Waals surface area contributed by atoms with Crippen LogP contribution in [0.5, 0.6) is 0 Å². The number of carbonyl (C=O) groups excluding carboxylic acids is 2. The first-order valence-corrected chi connectivity index (χ1v) is 10.5.